The fourth-order valence-corrected chi connectivity index (χ4v) is 3.79. The topological polar surface area (TPSA) is 51.2 Å². The summed E-state index contributed by atoms with van der Waals surface area (Å²) in [5.41, 5.74) is 1.02. The molecule has 26 heavy (non-hydrogen) atoms. The van der Waals surface area contributed by atoms with Gasteiger partial charge in [0.05, 0.1) is 20.2 Å². The Morgan fingerprint density at radius 2 is 2.04 bits per heavy atom. The summed E-state index contributed by atoms with van der Waals surface area (Å²) < 4.78 is 6.79. The van der Waals surface area contributed by atoms with Gasteiger partial charge in [-0.25, -0.2) is 4.98 Å². The molecule has 0 bridgehead atoms. The summed E-state index contributed by atoms with van der Waals surface area (Å²) in [7, 11) is 0. The molecule has 1 atom stereocenters. The third-order valence-corrected chi connectivity index (χ3v) is 5.69. The van der Waals surface area contributed by atoms with Gasteiger partial charge in [-0.15, -0.1) is 11.3 Å². The Bertz CT molecular complexity index is 880. The van der Waals surface area contributed by atoms with Crippen LogP contribution in [0.4, 0.5) is 0 Å². The van der Waals surface area contributed by atoms with E-state index in [1.165, 1.54) is 4.70 Å². The van der Waals surface area contributed by atoms with E-state index in [4.69, 9.17) is 27.9 Å². The van der Waals surface area contributed by atoms with Gasteiger partial charge >= 0.3 is 0 Å². The van der Waals surface area contributed by atoms with Crippen LogP contribution in [0.25, 0.3) is 10.2 Å². The quantitative estimate of drug-likeness (QED) is 0.551. The summed E-state index contributed by atoms with van der Waals surface area (Å²) in [5.74, 6) is 0.210. The van der Waals surface area contributed by atoms with Gasteiger partial charge in [-0.05, 0) is 37.6 Å². The van der Waals surface area contributed by atoms with Crippen molar-refractivity contribution in [3.8, 4) is 5.75 Å². The Morgan fingerprint density at radius 1 is 1.23 bits per heavy atom. The number of para-hydroxylation sites is 1. The summed E-state index contributed by atoms with van der Waals surface area (Å²) >= 11 is 13.7. The number of nitrogens with zero attached hydrogens (tertiary/aromatic N) is 1. The molecule has 7 heteroatoms. The Kier molecular flexibility index (Phi) is 6.35. The molecule has 3 aromatic rings. The van der Waals surface area contributed by atoms with Crippen molar-refractivity contribution < 1.29 is 9.53 Å². The summed E-state index contributed by atoms with van der Waals surface area (Å²) in [4.78, 5) is 16.8. The van der Waals surface area contributed by atoms with E-state index in [0.717, 1.165) is 23.4 Å². The average Bonchev–Trinajstić information content (AvgIpc) is 3.05. The smallest absolute Gasteiger partial charge is 0.260 e. The number of carbonyl (C=O) groups excluding carboxylic acids is 1. The molecule has 2 aromatic carbocycles. The van der Waals surface area contributed by atoms with Gasteiger partial charge in [-0.1, -0.05) is 41.4 Å². The lowest BCUT2D eigenvalue weighted by molar-refractivity contribution is -0.127. The number of amides is 1. The highest BCUT2D eigenvalue weighted by atomic mass is 35.5. The van der Waals surface area contributed by atoms with Gasteiger partial charge in [-0.2, -0.15) is 0 Å². The minimum Gasteiger partial charge on any atom is -0.479 e. The van der Waals surface area contributed by atoms with Gasteiger partial charge < -0.3 is 10.1 Å². The number of hydrogen-bond acceptors (Lipinski definition) is 4. The maximum Gasteiger partial charge on any atom is 0.260 e. The molecule has 1 amide bonds. The Morgan fingerprint density at radius 3 is 2.85 bits per heavy atom. The number of carbonyl (C=O) groups is 1. The van der Waals surface area contributed by atoms with E-state index >= 15 is 0 Å². The van der Waals surface area contributed by atoms with Crippen LogP contribution in [0.1, 0.15) is 18.4 Å². The van der Waals surface area contributed by atoms with Gasteiger partial charge in [0, 0.05) is 13.0 Å². The number of nitrogens with one attached hydrogen (secondary N) is 1. The van der Waals surface area contributed by atoms with Crippen LogP contribution in [0.3, 0.4) is 0 Å². The van der Waals surface area contributed by atoms with Crippen molar-refractivity contribution >= 4 is 50.7 Å². The van der Waals surface area contributed by atoms with Gasteiger partial charge in [0.25, 0.3) is 5.91 Å². The number of ether oxygens (including phenoxy) is 1. The van der Waals surface area contributed by atoms with E-state index in [9.17, 15) is 4.79 Å². The first-order chi connectivity index (χ1) is 12.5. The second-order valence-corrected chi connectivity index (χ2v) is 7.68. The van der Waals surface area contributed by atoms with E-state index in [1.54, 1.807) is 36.5 Å². The first-order valence-corrected chi connectivity index (χ1v) is 9.84. The SMILES string of the molecule is CC(Oc1cccc(Cl)c1Cl)C(=O)NCCCc1nc2ccccc2s1. The molecule has 0 aliphatic heterocycles. The number of halogens is 2. The number of aromatic nitrogens is 1. The highest BCUT2D eigenvalue weighted by Gasteiger charge is 2.16. The van der Waals surface area contributed by atoms with Crippen LogP contribution < -0.4 is 10.1 Å². The van der Waals surface area contributed by atoms with Crippen molar-refractivity contribution in [3.63, 3.8) is 0 Å². The normalized spacial score (nSPS) is 12.1. The van der Waals surface area contributed by atoms with E-state index in [2.05, 4.69) is 16.4 Å². The molecule has 0 aliphatic carbocycles. The molecule has 4 nitrogen and oxygen atoms in total. The lowest BCUT2D eigenvalue weighted by Crippen LogP contribution is -2.37. The summed E-state index contributed by atoms with van der Waals surface area (Å²) in [6.45, 7) is 2.24. The standard InChI is InChI=1S/C19H18Cl2N2O2S/c1-12(25-15-8-4-6-13(20)18(15)21)19(24)22-11-5-10-17-23-14-7-2-3-9-16(14)26-17/h2-4,6-9,12H,5,10-11H2,1H3,(H,22,24). The largest absolute Gasteiger partial charge is 0.479 e. The lowest BCUT2D eigenvalue weighted by atomic mass is 10.3. The molecule has 0 saturated carbocycles. The first kappa shape index (κ1) is 19.0. The summed E-state index contributed by atoms with van der Waals surface area (Å²) in [6.07, 6.45) is 0.985. The van der Waals surface area contributed by atoms with Crippen molar-refractivity contribution in [1.29, 1.82) is 0 Å². The number of benzene rings is 2. The molecule has 0 fully saturated rings. The minimum atomic E-state index is -0.659. The van der Waals surface area contributed by atoms with Crippen LogP contribution >= 0.6 is 34.5 Å². The summed E-state index contributed by atoms with van der Waals surface area (Å²) in [6, 6.07) is 13.2. The van der Waals surface area contributed by atoms with Crippen LogP contribution in [0.5, 0.6) is 5.75 Å². The molecule has 136 valence electrons. The number of aryl methyl sites for hydroxylation is 1. The fraction of sp³-hybridized carbons (Fsp3) is 0.263. The Labute approximate surface area is 166 Å². The molecule has 0 spiro atoms. The Hall–Kier alpha value is -1.82. The highest BCUT2D eigenvalue weighted by molar-refractivity contribution is 7.18. The average molecular weight is 409 g/mol. The second kappa shape index (κ2) is 8.71. The minimum absolute atomic E-state index is 0.189. The summed E-state index contributed by atoms with van der Waals surface area (Å²) in [5, 5.41) is 4.66. The predicted molar refractivity (Wildman–Crippen MR) is 108 cm³/mol. The third-order valence-electron chi connectivity index (χ3n) is 3.79. The van der Waals surface area contributed by atoms with Crippen molar-refractivity contribution in [2.75, 3.05) is 6.54 Å². The first-order valence-electron chi connectivity index (χ1n) is 8.27. The molecule has 0 saturated heterocycles. The van der Waals surface area contributed by atoms with Crippen molar-refractivity contribution in [2.24, 2.45) is 0 Å². The van der Waals surface area contributed by atoms with E-state index in [1.807, 2.05) is 18.2 Å². The third kappa shape index (κ3) is 4.67. The van der Waals surface area contributed by atoms with Gasteiger partial charge in [0.1, 0.15) is 10.8 Å². The number of hydrogen-bond donors (Lipinski definition) is 1. The van der Waals surface area contributed by atoms with Crippen molar-refractivity contribution in [3.05, 3.63) is 57.5 Å². The zero-order valence-corrected chi connectivity index (χ0v) is 16.5. The molecule has 1 N–H and O–H groups in total. The lowest BCUT2D eigenvalue weighted by Gasteiger charge is -2.15. The molecule has 1 unspecified atom stereocenters. The van der Waals surface area contributed by atoms with Gasteiger partial charge in [0.15, 0.2) is 6.10 Å². The second-order valence-electron chi connectivity index (χ2n) is 5.78. The molecule has 1 aromatic heterocycles. The van der Waals surface area contributed by atoms with Gasteiger partial charge in [0.2, 0.25) is 0 Å². The zero-order chi connectivity index (χ0) is 18.5. The molecule has 0 radical (unpaired) electrons. The maximum absolute atomic E-state index is 12.2. The molecular weight excluding hydrogens is 391 g/mol. The van der Waals surface area contributed by atoms with Crippen LogP contribution in [-0.2, 0) is 11.2 Å². The molecular formula is C19H18Cl2N2O2S. The molecule has 1 heterocycles. The molecule has 3 rings (SSSR count). The fourth-order valence-electron chi connectivity index (χ4n) is 2.44. The van der Waals surface area contributed by atoms with Crippen LogP contribution in [0, 0.1) is 0 Å². The number of rotatable bonds is 7. The van der Waals surface area contributed by atoms with Crippen molar-refractivity contribution in [1.82, 2.24) is 10.3 Å². The van der Waals surface area contributed by atoms with E-state index in [-0.39, 0.29) is 5.91 Å². The maximum atomic E-state index is 12.2. The highest BCUT2D eigenvalue weighted by Crippen LogP contribution is 2.32. The number of thiazole rings is 1. The van der Waals surface area contributed by atoms with E-state index in [0.29, 0.717) is 22.3 Å². The van der Waals surface area contributed by atoms with Crippen LogP contribution in [0.15, 0.2) is 42.5 Å². The van der Waals surface area contributed by atoms with Crippen LogP contribution in [-0.4, -0.2) is 23.5 Å². The van der Waals surface area contributed by atoms with Gasteiger partial charge in [-0.3, -0.25) is 4.79 Å². The monoisotopic (exact) mass is 408 g/mol. The zero-order valence-electron chi connectivity index (χ0n) is 14.2. The predicted octanol–water partition coefficient (Wildman–Crippen LogP) is 5.12. The van der Waals surface area contributed by atoms with E-state index < -0.39 is 6.10 Å². The Balaban J connectivity index is 1.45. The van der Waals surface area contributed by atoms with Crippen LogP contribution in [0.2, 0.25) is 10.0 Å². The molecule has 0 aliphatic rings. The van der Waals surface area contributed by atoms with Crippen molar-refractivity contribution in [2.45, 2.75) is 25.9 Å². The number of fused-ring (bicyclic) bond motifs is 1.